The molecule has 0 spiro atoms. The molecule has 5 nitrogen and oxygen atoms in total. The number of hydrogen-bond donors (Lipinski definition) is 4. The average Bonchev–Trinajstić information content (AvgIpc) is 2.40. The Morgan fingerprint density at radius 1 is 1.17 bits per heavy atom. The maximum Gasteiger partial charge on any atom is 0.126 e. The van der Waals surface area contributed by atoms with E-state index in [1.54, 1.807) is 0 Å². The van der Waals surface area contributed by atoms with Crippen molar-refractivity contribution in [3.8, 4) is 0 Å². The first-order valence-corrected chi connectivity index (χ1v) is 6.61. The Kier molecular flexibility index (Phi) is 4.60. The zero-order chi connectivity index (χ0) is 13.1. The highest BCUT2D eigenvalue weighted by molar-refractivity contribution is 7.99. The van der Waals surface area contributed by atoms with Crippen molar-refractivity contribution in [3.63, 3.8) is 0 Å². The molecule has 1 aliphatic rings. The summed E-state index contributed by atoms with van der Waals surface area (Å²) in [7, 11) is 0. The molecular formula is C12H17NO4S. The summed E-state index contributed by atoms with van der Waals surface area (Å²) in [5.74, 6) is 0. The van der Waals surface area contributed by atoms with E-state index in [0.717, 1.165) is 4.90 Å². The van der Waals surface area contributed by atoms with Gasteiger partial charge in [-0.2, -0.15) is 0 Å². The van der Waals surface area contributed by atoms with Gasteiger partial charge < -0.3 is 25.8 Å². The minimum Gasteiger partial charge on any atom is -0.394 e. The van der Waals surface area contributed by atoms with Gasteiger partial charge >= 0.3 is 0 Å². The predicted octanol–water partition coefficient (Wildman–Crippen LogP) is -0.455. The summed E-state index contributed by atoms with van der Waals surface area (Å²) in [6.45, 7) is -0.350. The molecule has 1 aliphatic heterocycles. The molecular weight excluding hydrogens is 254 g/mol. The van der Waals surface area contributed by atoms with Crippen molar-refractivity contribution in [3.05, 3.63) is 30.3 Å². The van der Waals surface area contributed by atoms with Crippen LogP contribution in [0, 0.1) is 0 Å². The molecule has 1 heterocycles. The summed E-state index contributed by atoms with van der Waals surface area (Å²) >= 11 is 1.37. The molecule has 0 aromatic heterocycles. The number of aliphatic hydroxyl groups excluding tert-OH is 3. The zero-order valence-corrected chi connectivity index (χ0v) is 10.5. The quantitative estimate of drug-likeness (QED) is 0.594. The van der Waals surface area contributed by atoms with E-state index in [1.165, 1.54) is 11.8 Å². The lowest BCUT2D eigenvalue weighted by molar-refractivity contribution is -0.165. The third-order valence-electron chi connectivity index (χ3n) is 2.92. The van der Waals surface area contributed by atoms with Crippen molar-refractivity contribution in [2.24, 2.45) is 5.73 Å². The Hall–Kier alpha value is -0.630. The average molecular weight is 271 g/mol. The Balaban J connectivity index is 2.08. The third-order valence-corrected chi connectivity index (χ3v) is 4.13. The fraction of sp³-hybridized carbons (Fsp3) is 0.500. The van der Waals surface area contributed by atoms with Crippen LogP contribution in [0.3, 0.4) is 0 Å². The van der Waals surface area contributed by atoms with Crippen molar-refractivity contribution < 1.29 is 20.1 Å². The van der Waals surface area contributed by atoms with Crippen LogP contribution in [0.15, 0.2) is 35.2 Å². The first kappa shape index (κ1) is 13.8. The number of ether oxygens (including phenoxy) is 1. The monoisotopic (exact) mass is 271 g/mol. The number of hydrogen-bond acceptors (Lipinski definition) is 6. The molecule has 18 heavy (non-hydrogen) atoms. The second-order valence-corrected chi connectivity index (χ2v) is 5.39. The summed E-state index contributed by atoms with van der Waals surface area (Å²) in [4.78, 5) is 0.957. The normalized spacial score (nSPS) is 36.6. The van der Waals surface area contributed by atoms with Gasteiger partial charge in [0, 0.05) is 4.90 Å². The fourth-order valence-corrected chi connectivity index (χ4v) is 2.94. The standard InChI is InChI=1S/C12H17NO4S/c13-9-11(16)10(15)8(6-14)17-12(9)18-7-4-2-1-3-5-7/h1-5,8-12,14-16H,6,13H2/t8?,9-,10+,11?,12+/m1/s1. The topological polar surface area (TPSA) is 95.9 Å². The van der Waals surface area contributed by atoms with Crippen molar-refractivity contribution in [2.75, 3.05) is 6.61 Å². The molecule has 5 atom stereocenters. The van der Waals surface area contributed by atoms with Crippen molar-refractivity contribution in [2.45, 2.75) is 34.7 Å². The smallest absolute Gasteiger partial charge is 0.126 e. The van der Waals surface area contributed by atoms with E-state index in [1.807, 2.05) is 30.3 Å². The van der Waals surface area contributed by atoms with Crippen LogP contribution in [-0.4, -0.2) is 51.7 Å². The van der Waals surface area contributed by atoms with E-state index in [0.29, 0.717) is 0 Å². The van der Waals surface area contributed by atoms with Gasteiger partial charge in [-0.3, -0.25) is 0 Å². The van der Waals surface area contributed by atoms with Crippen molar-refractivity contribution in [1.29, 1.82) is 0 Å². The molecule has 2 unspecified atom stereocenters. The summed E-state index contributed by atoms with van der Waals surface area (Å²) in [5.41, 5.74) is 5.34. The lowest BCUT2D eigenvalue weighted by atomic mass is 9.99. The molecule has 1 aromatic carbocycles. The van der Waals surface area contributed by atoms with Gasteiger partial charge in [0.15, 0.2) is 0 Å². The van der Waals surface area contributed by atoms with E-state index in [2.05, 4.69) is 0 Å². The molecule has 0 amide bonds. The van der Waals surface area contributed by atoms with Crippen LogP contribution in [0.1, 0.15) is 0 Å². The first-order chi connectivity index (χ1) is 8.63. The van der Waals surface area contributed by atoms with Crippen LogP contribution >= 0.6 is 11.8 Å². The van der Waals surface area contributed by atoms with Crippen molar-refractivity contribution >= 4 is 11.8 Å². The van der Waals surface area contributed by atoms with Crippen LogP contribution in [0.4, 0.5) is 0 Å². The number of benzene rings is 1. The van der Waals surface area contributed by atoms with Gasteiger partial charge in [0.2, 0.25) is 0 Å². The predicted molar refractivity (Wildman–Crippen MR) is 68.0 cm³/mol. The maximum atomic E-state index is 9.82. The highest BCUT2D eigenvalue weighted by Gasteiger charge is 2.42. The zero-order valence-electron chi connectivity index (χ0n) is 9.72. The van der Waals surface area contributed by atoms with Crippen molar-refractivity contribution in [1.82, 2.24) is 0 Å². The van der Waals surface area contributed by atoms with Crippen LogP contribution in [-0.2, 0) is 4.74 Å². The lowest BCUT2D eigenvalue weighted by Crippen LogP contribution is -2.60. The Morgan fingerprint density at radius 2 is 1.83 bits per heavy atom. The van der Waals surface area contributed by atoms with E-state index in [4.69, 9.17) is 15.6 Å². The van der Waals surface area contributed by atoms with E-state index >= 15 is 0 Å². The van der Waals surface area contributed by atoms with Crippen LogP contribution in [0.25, 0.3) is 0 Å². The largest absolute Gasteiger partial charge is 0.394 e. The van der Waals surface area contributed by atoms with Crippen LogP contribution < -0.4 is 5.73 Å². The second-order valence-electron chi connectivity index (χ2n) is 4.21. The maximum absolute atomic E-state index is 9.82. The Labute approximate surface area is 110 Å². The van der Waals surface area contributed by atoms with Gasteiger partial charge in [0.05, 0.1) is 12.6 Å². The molecule has 0 radical (unpaired) electrons. The fourth-order valence-electron chi connectivity index (χ4n) is 1.84. The second kappa shape index (κ2) is 6.01. The summed E-state index contributed by atoms with van der Waals surface area (Å²) in [6.07, 6.45) is -3.06. The third kappa shape index (κ3) is 2.85. The molecule has 6 heteroatoms. The summed E-state index contributed by atoms with van der Waals surface area (Å²) in [6, 6.07) is 8.81. The first-order valence-electron chi connectivity index (χ1n) is 5.73. The highest BCUT2D eigenvalue weighted by Crippen LogP contribution is 2.32. The van der Waals surface area contributed by atoms with Gasteiger partial charge in [0.25, 0.3) is 0 Å². The summed E-state index contributed by atoms with van der Waals surface area (Å²) < 4.78 is 5.51. The summed E-state index contributed by atoms with van der Waals surface area (Å²) in [5, 5.41) is 28.6. The Morgan fingerprint density at radius 3 is 2.44 bits per heavy atom. The molecule has 1 fully saturated rings. The van der Waals surface area contributed by atoms with E-state index in [-0.39, 0.29) is 6.61 Å². The van der Waals surface area contributed by atoms with Gasteiger partial charge in [-0.1, -0.05) is 30.0 Å². The van der Waals surface area contributed by atoms with E-state index < -0.39 is 29.8 Å². The molecule has 100 valence electrons. The van der Waals surface area contributed by atoms with Gasteiger partial charge in [0.1, 0.15) is 23.7 Å². The van der Waals surface area contributed by atoms with E-state index in [9.17, 15) is 10.2 Å². The molecule has 0 bridgehead atoms. The SMILES string of the molecule is N[C@@H]1C(O)[C@@H](O)C(CO)O[C@H]1Sc1ccccc1. The molecule has 0 saturated carbocycles. The number of thioether (sulfide) groups is 1. The number of nitrogens with two attached hydrogens (primary N) is 1. The number of rotatable bonds is 3. The van der Waals surface area contributed by atoms with Crippen LogP contribution in [0.5, 0.6) is 0 Å². The molecule has 1 saturated heterocycles. The van der Waals surface area contributed by atoms with Gasteiger partial charge in [-0.05, 0) is 12.1 Å². The van der Waals surface area contributed by atoms with Gasteiger partial charge in [-0.15, -0.1) is 0 Å². The highest BCUT2D eigenvalue weighted by atomic mass is 32.2. The molecule has 0 aliphatic carbocycles. The molecule has 1 aromatic rings. The minimum atomic E-state index is -1.15. The lowest BCUT2D eigenvalue weighted by Gasteiger charge is -2.40. The Bertz CT molecular complexity index is 376. The number of aliphatic hydroxyl groups is 3. The molecule has 5 N–H and O–H groups in total. The molecule has 2 rings (SSSR count). The minimum absolute atomic E-state index is 0.350. The van der Waals surface area contributed by atoms with Gasteiger partial charge in [-0.25, -0.2) is 0 Å². The van der Waals surface area contributed by atoms with Crippen LogP contribution in [0.2, 0.25) is 0 Å².